The molecular weight excluding hydrogens is 264 g/mol. The van der Waals surface area contributed by atoms with Crippen molar-refractivity contribution in [3.8, 4) is 0 Å². The predicted molar refractivity (Wildman–Crippen MR) is 83.4 cm³/mol. The summed E-state index contributed by atoms with van der Waals surface area (Å²) in [7, 11) is 0. The van der Waals surface area contributed by atoms with Gasteiger partial charge < -0.3 is 10.4 Å². The lowest BCUT2D eigenvalue weighted by molar-refractivity contribution is -0.137. The highest BCUT2D eigenvalue weighted by molar-refractivity contribution is 5.66. The van der Waals surface area contributed by atoms with Crippen molar-refractivity contribution < 1.29 is 9.90 Å². The van der Waals surface area contributed by atoms with Crippen molar-refractivity contribution in [3.05, 3.63) is 59.9 Å². The number of carbonyl (C=O) groups is 1. The topological polar surface area (TPSA) is 62.2 Å². The van der Waals surface area contributed by atoms with Gasteiger partial charge in [0.2, 0.25) is 0 Å². The van der Waals surface area contributed by atoms with E-state index in [0.717, 1.165) is 17.7 Å². The molecule has 1 unspecified atom stereocenters. The molecule has 1 atom stereocenters. The number of aryl methyl sites for hydroxylation is 1. The van der Waals surface area contributed by atoms with Gasteiger partial charge in [-0.05, 0) is 37.0 Å². The third-order valence-electron chi connectivity index (χ3n) is 3.41. The van der Waals surface area contributed by atoms with Crippen molar-refractivity contribution in [2.24, 2.45) is 0 Å². The SMILES string of the molecule is Cc1cnccc1NC(CCC(=O)O)Cc1ccccc1. The Labute approximate surface area is 124 Å². The maximum absolute atomic E-state index is 10.8. The molecule has 0 fully saturated rings. The number of nitrogens with one attached hydrogen (secondary N) is 1. The first-order chi connectivity index (χ1) is 10.1. The molecule has 2 aromatic rings. The molecule has 4 nitrogen and oxygen atoms in total. The summed E-state index contributed by atoms with van der Waals surface area (Å²) >= 11 is 0. The van der Waals surface area contributed by atoms with E-state index >= 15 is 0 Å². The first kappa shape index (κ1) is 15.0. The molecule has 1 aromatic heterocycles. The van der Waals surface area contributed by atoms with Crippen LogP contribution >= 0.6 is 0 Å². The van der Waals surface area contributed by atoms with Gasteiger partial charge in [-0.25, -0.2) is 0 Å². The van der Waals surface area contributed by atoms with Crippen LogP contribution in [0.3, 0.4) is 0 Å². The molecular formula is C17H20N2O2. The Morgan fingerprint density at radius 1 is 1.29 bits per heavy atom. The largest absolute Gasteiger partial charge is 0.481 e. The molecule has 0 saturated carbocycles. The van der Waals surface area contributed by atoms with Gasteiger partial charge in [0.05, 0.1) is 0 Å². The number of benzene rings is 1. The van der Waals surface area contributed by atoms with E-state index in [9.17, 15) is 4.79 Å². The summed E-state index contributed by atoms with van der Waals surface area (Å²) in [6.45, 7) is 1.99. The van der Waals surface area contributed by atoms with Gasteiger partial charge in [0.25, 0.3) is 0 Å². The molecule has 1 heterocycles. The van der Waals surface area contributed by atoms with Crippen LogP contribution in [0.4, 0.5) is 5.69 Å². The Hall–Kier alpha value is -2.36. The zero-order valence-corrected chi connectivity index (χ0v) is 12.1. The Kier molecular flexibility index (Phi) is 5.32. The van der Waals surface area contributed by atoms with Gasteiger partial charge in [0, 0.05) is 30.5 Å². The van der Waals surface area contributed by atoms with Crippen molar-refractivity contribution in [2.75, 3.05) is 5.32 Å². The summed E-state index contributed by atoms with van der Waals surface area (Å²) in [5.74, 6) is -0.763. The molecule has 0 radical (unpaired) electrons. The fourth-order valence-corrected chi connectivity index (χ4v) is 2.28. The average Bonchev–Trinajstić information content (AvgIpc) is 2.48. The number of carboxylic acid groups (broad SMARTS) is 1. The van der Waals surface area contributed by atoms with E-state index in [1.54, 1.807) is 12.4 Å². The van der Waals surface area contributed by atoms with Crippen molar-refractivity contribution in [3.63, 3.8) is 0 Å². The van der Waals surface area contributed by atoms with Crippen LogP contribution in [0, 0.1) is 6.92 Å². The van der Waals surface area contributed by atoms with Gasteiger partial charge in [-0.15, -0.1) is 0 Å². The number of pyridine rings is 1. The summed E-state index contributed by atoms with van der Waals surface area (Å²) in [5.41, 5.74) is 3.27. The number of anilines is 1. The number of hydrogen-bond acceptors (Lipinski definition) is 3. The van der Waals surface area contributed by atoms with Crippen LogP contribution in [0.1, 0.15) is 24.0 Å². The van der Waals surface area contributed by atoms with Crippen LogP contribution in [-0.4, -0.2) is 22.1 Å². The van der Waals surface area contributed by atoms with E-state index in [0.29, 0.717) is 6.42 Å². The van der Waals surface area contributed by atoms with Crippen LogP contribution in [0.5, 0.6) is 0 Å². The molecule has 110 valence electrons. The molecule has 0 saturated heterocycles. The number of rotatable bonds is 7. The average molecular weight is 284 g/mol. The van der Waals surface area contributed by atoms with Crippen LogP contribution in [0.2, 0.25) is 0 Å². The number of aliphatic carboxylic acids is 1. The normalized spacial score (nSPS) is 11.9. The lowest BCUT2D eigenvalue weighted by Gasteiger charge is -2.20. The standard InChI is InChI=1S/C17H20N2O2/c1-13-12-18-10-9-16(13)19-15(7-8-17(20)21)11-14-5-3-2-4-6-14/h2-6,9-10,12,15H,7-8,11H2,1H3,(H,18,19)(H,20,21). The quantitative estimate of drug-likeness (QED) is 0.819. The highest BCUT2D eigenvalue weighted by atomic mass is 16.4. The van der Waals surface area contributed by atoms with Gasteiger partial charge in [0.15, 0.2) is 0 Å². The maximum atomic E-state index is 10.8. The molecule has 2 N–H and O–H groups in total. The van der Waals surface area contributed by atoms with Gasteiger partial charge in [-0.3, -0.25) is 9.78 Å². The Morgan fingerprint density at radius 2 is 2.05 bits per heavy atom. The zero-order valence-electron chi connectivity index (χ0n) is 12.1. The number of nitrogens with zero attached hydrogens (tertiary/aromatic N) is 1. The van der Waals surface area contributed by atoms with Crippen LogP contribution in [0.25, 0.3) is 0 Å². The first-order valence-electron chi connectivity index (χ1n) is 7.08. The smallest absolute Gasteiger partial charge is 0.303 e. The van der Waals surface area contributed by atoms with E-state index in [4.69, 9.17) is 5.11 Å². The molecule has 4 heteroatoms. The molecule has 0 spiro atoms. The van der Waals surface area contributed by atoms with E-state index in [1.165, 1.54) is 5.56 Å². The Morgan fingerprint density at radius 3 is 2.71 bits per heavy atom. The van der Waals surface area contributed by atoms with Gasteiger partial charge in [0.1, 0.15) is 0 Å². The molecule has 0 aliphatic carbocycles. The second-order valence-electron chi connectivity index (χ2n) is 5.15. The molecule has 2 rings (SSSR count). The Balaban J connectivity index is 2.08. The maximum Gasteiger partial charge on any atom is 0.303 e. The van der Waals surface area contributed by atoms with Gasteiger partial charge in [-0.2, -0.15) is 0 Å². The predicted octanol–water partition coefficient (Wildman–Crippen LogP) is 3.28. The zero-order chi connectivity index (χ0) is 15.1. The third kappa shape index (κ3) is 4.91. The number of aromatic nitrogens is 1. The minimum atomic E-state index is -0.763. The third-order valence-corrected chi connectivity index (χ3v) is 3.41. The molecule has 0 aliphatic rings. The summed E-state index contributed by atoms with van der Waals surface area (Å²) in [4.78, 5) is 14.9. The number of hydrogen-bond donors (Lipinski definition) is 2. The molecule has 1 aromatic carbocycles. The molecule has 0 bridgehead atoms. The Bertz CT molecular complexity index is 584. The van der Waals surface area contributed by atoms with Crippen LogP contribution < -0.4 is 5.32 Å². The van der Waals surface area contributed by atoms with E-state index in [1.807, 2.05) is 31.2 Å². The van der Waals surface area contributed by atoms with E-state index in [2.05, 4.69) is 22.4 Å². The monoisotopic (exact) mass is 284 g/mol. The second-order valence-corrected chi connectivity index (χ2v) is 5.15. The minimum Gasteiger partial charge on any atom is -0.481 e. The fourth-order valence-electron chi connectivity index (χ4n) is 2.28. The van der Waals surface area contributed by atoms with Gasteiger partial charge in [-0.1, -0.05) is 30.3 Å². The molecule has 0 amide bonds. The lowest BCUT2D eigenvalue weighted by atomic mass is 10.0. The summed E-state index contributed by atoms with van der Waals surface area (Å²) < 4.78 is 0. The fraction of sp³-hybridized carbons (Fsp3) is 0.294. The van der Waals surface area contributed by atoms with Crippen LogP contribution in [0.15, 0.2) is 48.8 Å². The summed E-state index contributed by atoms with van der Waals surface area (Å²) in [6.07, 6.45) is 5.10. The van der Waals surface area contributed by atoms with Crippen LogP contribution in [-0.2, 0) is 11.2 Å². The first-order valence-corrected chi connectivity index (χ1v) is 7.08. The van der Waals surface area contributed by atoms with Gasteiger partial charge >= 0.3 is 5.97 Å². The lowest BCUT2D eigenvalue weighted by Crippen LogP contribution is -2.24. The highest BCUT2D eigenvalue weighted by Crippen LogP contribution is 2.17. The van der Waals surface area contributed by atoms with E-state index < -0.39 is 5.97 Å². The summed E-state index contributed by atoms with van der Waals surface area (Å²) in [6, 6.07) is 12.1. The van der Waals surface area contributed by atoms with Crippen molar-refractivity contribution in [1.29, 1.82) is 0 Å². The second kappa shape index (κ2) is 7.43. The summed E-state index contributed by atoms with van der Waals surface area (Å²) in [5, 5.41) is 12.4. The number of carboxylic acids is 1. The minimum absolute atomic E-state index is 0.0876. The van der Waals surface area contributed by atoms with Crippen molar-refractivity contribution in [2.45, 2.75) is 32.2 Å². The molecule has 0 aliphatic heterocycles. The van der Waals surface area contributed by atoms with E-state index in [-0.39, 0.29) is 12.5 Å². The van der Waals surface area contributed by atoms with Crippen molar-refractivity contribution >= 4 is 11.7 Å². The molecule has 21 heavy (non-hydrogen) atoms. The highest BCUT2D eigenvalue weighted by Gasteiger charge is 2.12. The van der Waals surface area contributed by atoms with Crippen molar-refractivity contribution in [1.82, 2.24) is 4.98 Å².